The first kappa shape index (κ1) is 17.2. The largest absolute Gasteiger partial charge is 0.444 e. The summed E-state index contributed by atoms with van der Waals surface area (Å²) in [6.45, 7) is 8.62. The molecule has 122 valence electrons. The van der Waals surface area contributed by atoms with E-state index in [0.717, 1.165) is 4.47 Å². The third-order valence-corrected chi connectivity index (χ3v) is 3.94. The molecule has 0 bridgehead atoms. The summed E-state index contributed by atoms with van der Waals surface area (Å²) in [6.07, 6.45) is -0.298. The van der Waals surface area contributed by atoms with E-state index < -0.39 is 5.60 Å². The molecular formula is C16H22BrFN2O2. The Bertz CT molecular complexity index is 554. The lowest BCUT2D eigenvalue weighted by Crippen LogP contribution is -2.60. The van der Waals surface area contributed by atoms with Crippen LogP contribution in [0.1, 0.15) is 39.3 Å². The molecule has 1 saturated heterocycles. The Balaban J connectivity index is 1.83. The van der Waals surface area contributed by atoms with Gasteiger partial charge in [0.05, 0.1) is 0 Å². The number of carbonyl (C=O) groups is 1. The monoisotopic (exact) mass is 372 g/mol. The lowest BCUT2D eigenvalue weighted by atomic mass is 10.0. The maximum atomic E-state index is 13.9. The minimum absolute atomic E-state index is 0.112. The maximum absolute atomic E-state index is 13.9. The number of nitrogens with one attached hydrogen (secondary N) is 1. The zero-order valence-electron chi connectivity index (χ0n) is 13.3. The molecule has 4 nitrogen and oxygen atoms in total. The summed E-state index contributed by atoms with van der Waals surface area (Å²) < 4.78 is 19.9. The molecule has 22 heavy (non-hydrogen) atoms. The topological polar surface area (TPSA) is 41.6 Å². The quantitative estimate of drug-likeness (QED) is 0.875. The summed E-state index contributed by atoms with van der Waals surface area (Å²) in [4.78, 5) is 13.5. The Labute approximate surface area is 139 Å². The molecular weight excluding hydrogens is 351 g/mol. The van der Waals surface area contributed by atoms with Gasteiger partial charge in [0.25, 0.3) is 0 Å². The molecule has 1 atom stereocenters. The van der Waals surface area contributed by atoms with Crippen molar-refractivity contribution in [3.63, 3.8) is 0 Å². The van der Waals surface area contributed by atoms with Crippen molar-refractivity contribution in [2.24, 2.45) is 0 Å². The minimum Gasteiger partial charge on any atom is -0.444 e. The van der Waals surface area contributed by atoms with Crippen LogP contribution in [-0.4, -0.2) is 35.7 Å². The molecule has 1 N–H and O–H groups in total. The van der Waals surface area contributed by atoms with E-state index >= 15 is 0 Å². The predicted molar refractivity (Wildman–Crippen MR) is 87.2 cm³/mol. The number of ether oxygens (including phenoxy) is 1. The highest BCUT2D eigenvalue weighted by Crippen LogP contribution is 2.23. The number of hydrogen-bond acceptors (Lipinski definition) is 3. The van der Waals surface area contributed by atoms with E-state index in [9.17, 15) is 9.18 Å². The van der Waals surface area contributed by atoms with Crippen LogP contribution in [0.25, 0.3) is 0 Å². The second-order valence-corrected chi connectivity index (χ2v) is 7.55. The number of amides is 1. The summed E-state index contributed by atoms with van der Waals surface area (Å²) in [7, 11) is 0. The van der Waals surface area contributed by atoms with Crippen LogP contribution in [0.15, 0.2) is 22.7 Å². The zero-order chi connectivity index (χ0) is 16.5. The van der Waals surface area contributed by atoms with Crippen molar-refractivity contribution < 1.29 is 13.9 Å². The number of benzene rings is 1. The van der Waals surface area contributed by atoms with Crippen LogP contribution >= 0.6 is 15.9 Å². The summed E-state index contributed by atoms with van der Waals surface area (Å²) in [5, 5.41) is 3.34. The van der Waals surface area contributed by atoms with Crippen molar-refractivity contribution in [2.45, 2.75) is 45.4 Å². The van der Waals surface area contributed by atoms with E-state index in [4.69, 9.17) is 4.74 Å². The van der Waals surface area contributed by atoms with Gasteiger partial charge in [-0.05, 0) is 39.8 Å². The maximum Gasteiger partial charge on any atom is 0.410 e. The molecule has 6 heteroatoms. The van der Waals surface area contributed by atoms with E-state index in [1.165, 1.54) is 6.07 Å². The Hall–Kier alpha value is -1.14. The third kappa shape index (κ3) is 4.43. The molecule has 1 heterocycles. The molecule has 1 aromatic carbocycles. The molecule has 0 radical (unpaired) electrons. The third-order valence-electron chi connectivity index (χ3n) is 3.45. The van der Waals surface area contributed by atoms with Crippen molar-refractivity contribution in [2.75, 3.05) is 13.1 Å². The van der Waals surface area contributed by atoms with Crippen LogP contribution in [0.5, 0.6) is 0 Å². The average Bonchev–Trinajstić information content (AvgIpc) is 2.30. The van der Waals surface area contributed by atoms with Gasteiger partial charge in [-0.3, -0.25) is 0 Å². The van der Waals surface area contributed by atoms with Gasteiger partial charge in [0.2, 0.25) is 0 Å². The second kappa shape index (κ2) is 6.54. The number of rotatable bonds is 3. The Morgan fingerprint density at radius 2 is 2.09 bits per heavy atom. The first-order valence-corrected chi connectivity index (χ1v) is 8.14. The molecule has 0 saturated carbocycles. The van der Waals surface area contributed by atoms with E-state index in [-0.39, 0.29) is 24.0 Å². The summed E-state index contributed by atoms with van der Waals surface area (Å²) in [6, 6.07) is 5.09. The van der Waals surface area contributed by atoms with E-state index in [1.54, 1.807) is 11.0 Å². The van der Waals surface area contributed by atoms with Crippen LogP contribution in [0.2, 0.25) is 0 Å². The van der Waals surface area contributed by atoms with E-state index in [2.05, 4.69) is 21.2 Å². The Kier molecular flexibility index (Phi) is 5.12. The molecule has 0 spiro atoms. The van der Waals surface area contributed by atoms with Crippen molar-refractivity contribution in [3.8, 4) is 0 Å². The minimum atomic E-state index is -0.483. The first-order valence-electron chi connectivity index (χ1n) is 7.34. The SMILES string of the molecule is CC(NC1CN(C(=O)OC(C)(C)C)C1)c1ccc(Br)cc1F. The van der Waals surface area contributed by atoms with Crippen molar-refractivity contribution >= 4 is 22.0 Å². The van der Waals surface area contributed by atoms with Gasteiger partial charge in [-0.2, -0.15) is 0 Å². The van der Waals surface area contributed by atoms with Gasteiger partial charge < -0.3 is 15.0 Å². The highest BCUT2D eigenvalue weighted by atomic mass is 79.9. The predicted octanol–water partition coefficient (Wildman–Crippen LogP) is 3.86. The standard InChI is InChI=1S/C16H22BrFN2O2/c1-10(13-6-5-11(17)7-14(13)18)19-12-8-20(9-12)15(21)22-16(2,3)4/h5-7,10,12,19H,8-9H2,1-4H3. The Morgan fingerprint density at radius 1 is 1.45 bits per heavy atom. The average molecular weight is 373 g/mol. The molecule has 0 aliphatic carbocycles. The van der Waals surface area contributed by atoms with E-state index in [1.807, 2.05) is 33.8 Å². The normalized spacial score (nSPS) is 17.1. The molecule has 1 aliphatic rings. The van der Waals surface area contributed by atoms with Gasteiger partial charge in [0, 0.05) is 35.2 Å². The lowest BCUT2D eigenvalue weighted by Gasteiger charge is -2.41. The summed E-state index contributed by atoms with van der Waals surface area (Å²) in [5.41, 5.74) is 0.141. The first-order chi connectivity index (χ1) is 10.2. The fraction of sp³-hybridized carbons (Fsp3) is 0.562. The van der Waals surface area contributed by atoms with Gasteiger partial charge in [-0.15, -0.1) is 0 Å². The summed E-state index contributed by atoms with van der Waals surface area (Å²) in [5.74, 6) is -0.238. The van der Waals surface area contributed by atoms with Crippen molar-refractivity contribution in [1.29, 1.82) is 0 Å². The van der Waals surface area contributed by atoms with Crippen molar-refractivity contribution in [3.05, 3.63) is 34.1 Å². The number of hydrogen-bond donors (Lipinski definition) is 1. The highest BCUT2D eigenvalue weighted by molar-refractivity contribution is 9.10. The fourth-order valence-corrected chi connectivity index (χ4v) is 2.69. The molecule has 1 unspecified atom stereocenters. The number of nitrogens with zero attached hydrogens (tertiary/aromatic N) is 1. The van der Waals surface area contributed by atoms with Gasteiger partial charge in [-0.25, -0.2) is 9.18 Å². The second-order valence-electron chi connectivity index (χ2n) is 6.64. The Morgan fingerprint density at radius 3 is 2.64 bits per heavy atom. The van der Waals surface area contributed by atoms with Gasteiger partial charge in [-0.1, -0.05) is 22.0 Å². The highest BCUT2D eigenvalue weighted by Gasteiger charge is 2.34. The molecule has 2 rings (SSSR count). The van der Waals surface area contributed by atoms with Crippen LogP contribution in [0.4, 0.5) is 9.18 Å². The number of carbonyl (C=O) groups excluding carboxylic acids is 1. The molecule has 1 aliphatic heterocycles. The molecule has 1 amide bonds. The van der Waals surface area contributed by atoms with Gasteiger partial charge in [0.15, 0.2) is 0 Å². The summed E-state index contributed by atoms with van der Waals surface area (Å²) >= 11 is 3.25. The van der Waals surface area contributed by atoms with Gasteiger partial charge in [0.1, 0.15) is 11.4 Å². The van der Waals surface area contributed by atoms with Crippen LogP contribution in [-0.2, 0) is 4.74 Å². The zero-order valence-corrected chi connectivity index (χ0v) is 14.9. The molecule has 0 aromatic heterocycles. The van der Waals surface area contributed by atoms with Crippen molar-refractivity contribution in [1.82, 2.24) is 10.2 Å². The van der Waals surface area contributed by atoms with Crippen LogP contribution in [0.3, 0.4) is 0 Å². The smallest absolute Gasteiger partial charge is 0.410 e. The number of halogens is 2. The molecule has 1 fully saturated rings. The lowest BCUT2D eigenvalue weighted by molar-refractivity contribution is 0.00429. The van der Waals surface area contributed by atoms with E-state index in [0.29, 0.717) is 18.7 Å². The fourth-order valence-electron chi connectivity index (χ4n) is 2.36. The van der Waals surface area contributed by atoms with Crippen LogP contribution < -0.4 is 5.32 Å². The van der Waals surface area contributed by atoms with Gasteiger partial charge >= 0.3 is 6.09 Å². The molecule has 1 aromatic rings. The van der Waals surface area contributed by atoms with Crippen LogP contribution in [0, 0.1) is 5.82 Å². The number of likely N-dealkylation sites (tertiary alicyclic amines) is 1.